The Labute approximate surface area is 159 Å². The summed E-state index contributed by atoms with van der Waals surface area (Å²) in [5.74, 6) is 0.845. The smallest absolute Gasteiger partial charge is 0.266 e. The van der Waals surface area contributed by atoms with Crippen LogP contribution in [0.15, 0.2) is 41.2 Å². The third-order valence-corrected chi connectivity index (χ3v) is 5.00. The van der Waals surface area contributed by atoms with E-state index >= 15 is 0 Å². The van der Waals surface area contributed by atoms with E-state index in [0.29, 0.717) is 25.4 Å². The molecule has 1 amide bonds. The van der Waals surface area contributed by atoms with Crippen molar-refractivity contribution in [3.8, 4) is 17.0 Å². The number of nitrogens with one attached hydrogen (secondary N) is 1. The van der Waals surface area contributed by atoms with Crippen molar-refractivity contribution in [2.75, 3.05) is 7.11 Å². The molecule has 27 heavy (non-hydrogen) atoms. The molecule has 1 aliphatic rings. The lowest BCUT2D eigenvalue weighted by Gasteiger charge is -2.22. The highest BCUT2D eigenvalue weighted by Crippen LogP contribution is 2.20. The van der Waals surface area contributed by atoms with Crippen LogP contribution in [0.5, 0.6) is 5.75 Å². The van der Waals surface area contributed by atoms with Crippen LogP contribution in [0.4, 0.5) is 0 Å². The summed E-state index contributed by atoms with van der Waals surface area (Å²) in [4.78, 5) is 24.2. The average Bonchev–Trinajstić information content (AvgIpc) is 2.70. The lowest BCUT2D eigenvalue weighted by atomic mass is 9.95. The van der Waals surface area contributed by atoms with Crippen LogP contribution in [-0.2, 0) is 11.3 Å². The van der Waals surface area contributed by atoms with Gasteiger partial charge in [-0.15, -0.1) is 0 Å². The fourth-order valence-corrected chi connectivity index (χ4v) is 3.46. The quantitative estimate of drug-likeness (QED) is 0.814. The van der Waals surface area contributed by atoms with Gasteiger partial charge in [0.15, 0.2) is 0 Å². The van der Waals surface area contributed by atoms with Gasteiger partial charge < -0.3 is 10.1 Å². The van der Waals surface area contributed by atoms with Crippen molar-refractivity contribution in [3.63, 3.8) is 0 Å². The first-order chi connectivity index (χ1) is 13.2. The van der Waals surface area contributed by atoms with Crippen LogP contribution in [0.25, 0.3) is 11.3 Å². The molecule has 1 N–H and O–H groups in total. The van der Waals surface area contributed by atoms with Gasteiger partial charge in [-0.25, -0.2) is 4.68 Å². The van der Waals surface area contributed by atoms with E-state index in [0.717, 1.165) is 29.8 Å². The molecule has 1 heterocycles. The summed E-state index contributed by atoms with van der Waals surface area (Å²) in [5, 5.41) is 7.55. The predicted molar refractivity (Wildman–Crippen MR) is 105 cm³/mol. The van der Waals surface area contributed by atoms with E-state index in [-0.39, 0.29) is 11.5 Å². The first kappa shape index (κ1) is 19.1. The van der Waals surface area contributed by atoms with Crippen molar-refractivity contribution in [1.29, 1.82) is 0 Å². The van der Waals surface area contributed by atoms with Crippen LogP contribution >= 0.6 is 0 Å². The number of rotatable bonds is 7. The third-order valence-electron chi connectivity index (χ3n) is 5.00. The molecule has 0 unspecified atom stereocenters. The van der Waals surface area contributed by atoms with Crippen LogP contribution in [0.2, 0.25) is 0 Å². The lowest BCUT2D eigenvalue weighted by molar-refractivity contribution is -0.122. The monoisotopic (exact) mass is 369 g/mol. The highest BCUT2D eigenvalue weighted by molar-refractivity contribution is 5.76. The van der Waals surface area contributed by atoms with Crippen molar-refractivity contribution < 1.29 is 9.53 Å². The van der Waals surface area contributed by atoms with E-state index in [1.54, 1.807) is 13.2 Å². The Bertz CT molecular complexity index is 808. The Morgan fingerprint density at radius 3 is 2.59 bits per heavy atom. The first-order valence-electron chi connectivity index (χ1n) is 9.67. The molecule has 0 bridgehead atoms. The zero-order chi connectivity index (χ0) is 19.1. The molecule has 0 saturated heterocycles. The number of hydrogen-bond donors (Lipinski definition) is 1. The number of ether oxygens (including phenoxy) is 1. The van der Waals surface area contributed by atoms with E-state index in [1.807, 2.05) is 24.3 Å². The topological polar surface area (TPSA) is 73.2 Å². The molecule has 6 heteroatoms. The molecule has 0 radical (unpaired) electrons. The van der Waals surface area contributed by atoms with Crippen LogP contribution in [0, 0.1) is 0 Å². The molecule has 1 aromatic carbocycles. The number of methoxy groups -OCH3 is 1. The van der Waals surface area contributed by atoms with Gasteiger partial charge in [-0.05, 0) is 49.6 Å². The average molecular weight is 369 g/mol. The first-order valence-corrected chi connectivity index (χ1v) is 9.67. The second kappa shape index (κ2) is 9.35. The van der Waals surface area contributed by atoms with Crippen molar-refractivity contribution in [3.05, 3.63) is 46.8 Å². The fraction of sp³-hybridized carbons (Fsp3) is 0.476. The van der Waals surface area contributed by atoms with E-state index < -0.39 is 0 Å². The zero-order valence-electron chi connectivity index (χ0n) is 15.8. The maximum absolute atomic E-state index is 12.1. The molecule has 0 atom stereocenters. The normalized spacial score (nSPS) is 14.7. The molecule has 1 aliphatic carbocycles. The van der Waals surface area contributed by atoms with Crippen molar-refractivity contribution in [2.45, 2.75) is 57.5 Å². The van der Waals surface area contributed by atoms with Crippen LogP contribution < -0.4 is 15.6 Å². The van der Waals surface area contributed by atoms with Gasteiger partial charge in [-0.3, -0.25) is 9.59 Å². The number of carbonyl (C=O) groups excluding carboxylic acids is 1. The fourth-order valence-electron chi connectivity index (χ4n) is 3.46. The summed E-state index contributed by atoms with van der Waals surface area (Å²) in [5.41, 5.74) is 1.49. The summed E-state index contributed by atoms with van der Waals surface area (Å²) in [6, 6.07) is 11.1. The van der Waals surface area contributed by atoms with Crippen LogP contribution in [-0.4, -0.2) is 28.8 Å². The highest BCUT2D eigenvalue weighted by atomic mass is 16.5. The van der Waals surface area contributed by atoms with E-state index in [9.17, 15) is 9.59 Å². The second-order valence-electron chi connectivity index (χ2n) is 7.01. The molecule has 1 fully saturated rings. The highest BCUT2D eigenvalue weighted by Gasteiger charge is 2.15. The number of carbonyl (C=O) groups is 1. The minimum Gasteiger partial charge on any atom is -0.497 e. The predicted octanol–water partition coefficient (Wildman–Crippen LogP) is 3.15. The molecular formula is C21H27N3O3. The minimum absolute atomic E-state index is 0.0706. The Hall–Kier alpha value is -2.63. The molecular weight excluding hydrogens is 342 g/mol. The molecule has 3 rings (SSSR count). The summed E-state index contributed by atoms with van der Waals surface area (Å²) >= 11 is 0. The van der Waals surface area contributed by atoms with E-state index in [2.05, 4.69) is 10.4 Å². The van der Waals surface area contributed by atoms with Gasteiger partial charge in [0.2, 0.25) is 5.91 Å². The molecule has 6 nitrogen and oxygen atoms in total. The Kier molecular flexibility index (Phi) is 6.63. The molecule has 144 valence electrons. The summed E-state index contributed by atoms with van der Waals surface area (Å²) in [6.45, 7) is 0.431. The molecule has 0 spiro atoms. The number of hydrogen-bond acceptors (Lipinski definition) is 4. The third kappa shape index (κ3) is 5.42. The number of nitrogens with zero attached hydrogens (tertiary/aromatic N) is 2. The van der Waals surface area contributed by atoms with Gasteiger partial charge in [0.1, 0.15) is 5.75 Å². The number of aromatic nitrogens is 2. The van der Waals surface area contributed by atoms with Gasteiger partial charge >= 0.3 is 0 Å². The maximum Gasteiger partial charge on any atom is 0.266 e. The Balaban J connectivity index is 1.56. The Morgan fingerprint density at radius 2 is 1.89 bits per heavy atom. The second-order valence-corrected chi connectivity index (χ2v) is 7.01. The summed E-state index contributed by atoms with van der Waals surface area (Å²) in [6.07, 6.45) is 6.83. The van der Waals surface area contributed by atoms with E-state index in [1.165, 1.54) is 30.0 Å². The van der Waals surface area contributed by atoms with Gasteiger partial charge in [0.25, 0.3) is 5.56 Å². The van der Waals surface area contributed by atoms with Crippen molar-refractivity contribution in [2.24, 2.45) is 0 Å². The molecule has 2 aromatic rings. The van der Waals surface area contributed by atoms with Crippen molar-refractivity contribution >= 4 is 5.91 Å². The largest absolute Gasteiger partial charge is 0.497 e. The zero-order valence-corrected chi connectivity index (χ0v) is 15.8. The number of amides is 1. The van der Waals surface area contributed by atoms with Crippen molar-refractivity contribution in [1.82, 2.24) is 15.1 Å². The maximum atomic E-state index is 12.1. The van der Waals surface area contributed by atoms with Gasteiger partial charge in [-0.1, -0.05) is 19.3 Å². The summed E-state index contributed by atoms with van der Waals surface area (Å²) in [7, 11) is 1.62. The Morgan fingerprint density at radius 1 is 1.15 bits per heavy atom. The minimum atomic E-state index is -0.153. The van der Waals surface area contributed by atoms with Crippen LogP contribution in [0.3, 0.4) is 0 Å². The van der Waals surface area contributed by atoms with Gasteiger partial charge in [0.05, 0.1) is 12.8 Å². The van der Waals surface area contributed by atoms with Crippen LogP contribution in [0.1, 0.15) is 44.9 Å². The number of benzene rings is 1. The number of aryl methyl sites for hydroxylation is 1. The van der Waals surface area contributed by atoms with Gasteiger partial charge in [0, 0.05) is 30.6 Å². The molecule has 0 aliphatic heterocycles. The summed E-state index contributed by atoms with van der Waals surface area (Å²) < 4.78 is 6.60. The SMILES string of the molecule is COc1ccc(-c2ccc(=O)n(CCCC(=O)NC3CCCCC3)n2)cc1. The molecule has 1 saturated carbocycles. The molecule has 1 aromatic heterocycles. The van der Waals surface area contributed by atoms with E-state index in [4.69, 9.17) is 4.74 Å². The van der Waals surface area contributed by atoms with Gasteiger partial charge in [-0.2, -0.15) is 5.10 Å². The standard InChI is InChI=1S/C21H27N3O3/c1-27-18-11-9-16(10-12-18)19-13-14-21(26)24(23-19)15-5-8-20(25)22-17-6-3-2-4-7-17/h9-14,17H,2-8,15H2,1H3,(H,22,25). The lowest BCUT2D eigenvalue weighted by Crippen LogP contribution is -2.36.